The van der Waals surface area contributed by atoms with E-state index in [2.05, 4.69) is 5.16 Å². The number of halogens is 2. The minimum atomic E-state index is -1.15. The number of nitrogens with one attached hydrogen (secondary N) is 1. The van der Waals surface area contributed by atoms with Crippen LogP contribution in [0.25, 0.3) is 0 Å². The topological polar surface area (TPSA) is 86.5 Å². The van der Waals surface area contributed by atoms with Gasteiger partial charge in [0.15, 0.2) is 0 Å². The molecule has 0 spiro atoms. The molecule has 0 saturated carbocycles. The minimum Gasteiger partial charge on any atom is -0.465 e. The highest BCUT2D eigenvalue weighted by Gasteiger charge is 2.43. The first kappa shape index (κ1) is 17.2. The Labute approximate surface area is 142 Å². The van der Waals surface area contributed by atoms with E-state index in [1.165, 1.54) is 17.0 Å². The summed E-state index contributed by atoms with van der Waals surface area (Å²) in [6.45, 7) is 1.84. The van der Waals surface area contributed by atoms with Crippen LogP contribution < -0.4 is 5.56 Å². The molecule has 1 aromatic carbocycles. The number of hydrogen-bond acceptors (Lipinski definition) is 3. The minimum absolute atomic E-state index is 0.108. The van der Waals surface area contributed by atoms with E-state index >= 15 is 0 Å². The standard InChI is InChI=1S/C17H18F2N2O4/c1-17(9-11-12(18)3-2-4-13(11)19)8-10(5-6-21(17)16(23)24)14-7-15(22)20-25-14/h2-4,7,10H,5-6,8-9H2,1H3,(H,20,22)(H,23,24)/t10-,17+/m0/s1. The summed E-state index contributed by atoms with van der Waals surface area (Å²) in [7, 11) is 0. The van der Waals surface area contributed by atoms with Gasteiger partial charge >= 0.3 is 6.09 Å². The van der Waals surface area contributed by atoms with Crippen LogP contribution in [0.5, 0.6) is 0 Å². The summed E-state index contributed by atoms with van der Waals surface area (Å²) in [4.78, 5) is 24.1. The largest absolute Gasteiger partial charge is 0.465 e. The van der Waals surface area contributed by atoms with E-state index in [4.69, 9.17) is 4.52 Å². The summed E-state index contributed by atoms with van der Waals surface area (Å²) in [5.74, 6) is -1.20. The van der Waals surface area contributed by atoms with Gasteiger partial charge in [-0.3, -0.25) is 4.79 Å². The van der Waals surface area contributed by atoms with Gasteiger partial charge in [-0.2, -0.15) is 5.16 Å². The number of hydrogen-bond donors (Lipinski definition) is 2. The fraction of sp³-hybridized carbons (Fsp3) is 0.412. The highest BCUT2D eigenvalue weighted by Crippen LogP contribution is 2.40. The number of likely N-dealkylation sites (tertiary alicyclic amines) is 1. The fourth-order valence-electron chi connectivity index (χ4n) is 3.62. The third kappa shape index (κ3) is 3.29. The molecule has 6 nitrogen and oxygen atoms in total. The number of rotatable bonds is 3. The van der Waals surface area contributed by atoms with Crippen LogP contribution >= 0.6 is 0 Å². The van der Waals surface area contributed by atoms with Crippen LogP contribution in [-0.4, -0.2) is 33.3 Å². The molecular formula is C17H18F2N2O4. The lowest BCUT2D eigenvalue weighted by Crippen LogP contribution is -2.55. The quantitative estimate of drug-likeness (QED) is 0.889. The molecule has 1 aliphatic heterocycles. The number of piperidine rings is 1. The van der Waals surface area contributed by atoms with Crippen LogP contribution in [0, 0.1) is 11.6 Å². The first-order valence-electron chi connectivity index (χ1n) is 7.92. The molecule has 25 heavy (non-hydrogen) atoms. The summed E-state index contributed by atoms with van der Waals surface area (Å²) in [6.07, 6.45) is -0.507. The molecule has 2 heterocycles. The van der Waals surface area contributed by atoms with E-state index in [0.29, 0.717) is 12.2 Å². The van der Waals surface area contributed by atoms with Crippen molar-refractivity contribution < 1.29 is 23.2 Å². The van der Waals surface area contributed by atoms with Gasteiger partial charge in [-0.05, 0) is 31.9 Å². The van der Waals surface area contributed by atoms with Crippen LogP contribution in [0.1, 0.15) is 37.0 Å². The van der Waals surface area contributed by atoms with E-state index in [0.717, 1.165) is 12.1 Å². The van der Waals surface area contributed by atoms with Crippen molar-refractivity contribution in [3.8, 4) is 0 Å². The molecule has 2 aromatic rings. The van der Waals surface area contributed by atoms with E-state index in [1.807, 2.05) is 0 Å². The Bertz CT molecular complexity index is 827. The number of aromatic amines is 1. The first-order chi connectivity index (χ1) is 11.8. The molecule has 134 valence electrons. The molecule has 1 aliphatic rings. The smallest absolute Gasteiger partial charge is 0.407 e. The van der Waals surface area contributed by atoms with E-state index in [9.17, 15) is 23.5 Å². The lowest BCUT2D eigenvalue weighted by molar-refractivity contribution is 0.0451. The maximum absolute atomic E-state index is 14.1. The number of benzene rings is 1. The molecule has 2 atom stereocenters. The second kappa shape index (κ2) is 6.34. The first-order valence-corrected chi connectivity index (χ1v) is 7.92. The highest BCUT2D eigenvalue weighted by molar-refractivity contribution is 5.66. The van der Waals surface area contributed by atoms with Crippen LogP contribution in [0.15, 0.2) is 33.6 Å². The molecule has 2 N–H and O–H groups in total. The Morgan fingerprint density at radius 2 is 2.12 bits per heavy atom. The van der Waals surface area contributed by atoms with Crippen molar-refractivity contribution in [2.24, 2.45) is 0 Å². The molecule has 1 aromatic heterocycles. The lowest BCUT2D eigenvalue weighted by Gasteiger charge is -2.46. The van der Waals surface area contributed by atoms with Crippen LogP contribution in [0.3, 0.4) is 0 Å². The molecule has 1 amide bonds. The Morgan fingerprint density at radius 1 is 1.44 bits per heavy atom. The van der Waals surface area contributed by atoms with E-state index in [-0.39, 0.29) is 36.4 Å². The maximum atomic E-state index is 14.1. The molecule has 3 rings (SSSR count). The predicted octanol–water partition coefficient (Wildman–Crippen LogP) is 3.10. The molecule has 1 saturated heterocycles. The SMILES string of the molecule is C[C@]1(Cc2c(F)cccc2F)C[C@@H](c2cc(=O)[nH]o2)CCN1C(=O)O. The number of aromatic nitrogens is 1. The van der Waals surface area contributed by atoms with Crippen LogP contribution in [0.2, 0.25) is 0 Å². The van der Waals surface area contributed by atoms with Crippen molar-refractivity contribution in [2.75, 3.05) is 6.54 Å². The van der Waals surface area contributed by atoms with Gasteiger partial charge < -0.3 is 14.5 Å². The van der Waals surface area contributed by atoms with Gasteiger partial charge in [0.1, 0.15) is 17.4 Å². The summed E-state index contributed by atoms with van der Waals surface area (Å²) in [6, 6.07) is 4.89. The fourth-order valence-corrected chi connectivity index (χ4v) is 3.62. The number of carboxylic acid groups (broad SMARTS) is 1. The van der Waals surface area contributed by atoms with Gasteiger partial charge in [-0.15, -0.1) is 0 Å². The molecule has 1 fully saturated rings. The van der Waals surface area contributed by atoms with E-state index < -0.39 is 23.3 Å². The average molecular weight is 352 g/mol. The van der Waals surface area contributed by atoms with Crippen molar-refractivity contribution in [3.63, 3.8) is 0 Å². The van der Waals surface area contributed by atoms with E-state index in [1.54, 1.807) is 6.92 Å². The van der Waals surface area contributed by atoms with Gasteiger partial charge in [0.25, 0.3) is 5.56 Å². The summed E-state index contributed by atoms with van der Waals surface area (Å²) >= 11 is 0. The molecule has 0 aliphatic carbocycles. The normalized spacial score (nSPS) is 23.6. The average Bonchev–Trinajstić information content (AvgIpc) is 2.97. The lowest BCUT2D eigenvalue weighted by atomic mass is 9.77. The summed E-state index contributed by atoms with van der Waals surface area (Å²) in [5.41, 5.74) is -1.56. The van der Waals surface area contributed by atoms with Crippen molar-refractivity contribution in [1.29, 1.82) is 0 Å². The zero-order valence-electron chi connectivity index (χ0n) is 13.6. The van der Waals surface area contributed by atoms with Gasteiger partial charge in [-0.25, -0.2) is 13.6 Å². The highest BCUT2D eigenvalue weighted by atomic mass is 19.1. The van der Waals surface area contributed by atoms with Crippen molar-refractivity contribution in [1.82, 2.24) is 10.1 Å². The zero-order chi connectivity index (χ0) is 18.2. The number of nitrogens with zero attached hydrogens (tertiary/aromatic N) is 1. The molecule has 0 unspecified atom stereocenters. The third-order valence-electron chi connectivity index (χ3n) is 4.83. The number of carbonyl (C=O) groups is 1. The monoisotopic (exact) mass is 352 g/mol. The second-order valence-corrected chi connectivity index (χ2v) is 6.61. The van der Waals surface area contributed by atoms with Crippen molar-refractivity contribution >= 4 is 6.09 Å². The predicted molar refractivity (Wildman–Crippen MR) is 84.5 cm³/mol. The van der Waals surface area contributed by atoms with Crippen molar-refractivity contribution in [2.45, 2.75) is 37.6 Å². The van der Waals surface area contributed by atoms with Crippen LogP contribution in [-0.2, 0) is 6.42 Å². The van der Waals surface area contributed by atoms with Crippen LogP contribution in [0.4, 0.5) is 13.6 Å². The third-order valence-corrected chi connectivity index (χ3v) is 4.83. The maximum Gasteiger partial charge on any atom is 0.407 e. The Kier molecular flexibility index (Phi) is 4.36. The number of H-pyrrole nitrogens is 1. The Morgan fingerprint density at radius 3 is 2.68 bits per heavy atom. The van der Waals surface area contributed by atoms with Gasteiger partial charge in [0, 0.05) is 36.1 Å². The zero-order valence-corrected chi connectivity index (χ0v) is 13.6. The van der Waals surface area contributed by atoms with Gasteiger partial charge in [0.05, 0.1) is 0 Å². The van der Waals surface area contributed by atoms with Gasteiger partial charge in [0.2, 0.25) is 0 Å². The molecule has 0 bridgehead atoms. The Balaban J connectivity index is 1.94. The molecule has 8 heteroatoms. The molecular weight excluding hydrogens is 334 g/mol. The van der Waals surface area contributed by atoms with Gasteiger partial charge in [-0.1, -0.05) is 6.07 Å². The number of amides is 1. The van der Waals surface area contributed by atoms with Crippen molar-refractivity contribution in [3.05, 3.63) is 57.6 Å². The summed E-state index contributed by atoms with van der Waals surface area (Å²) < 4.78 is 33.3. The second-order valence-electron chi connectivity index (χ2n) is 6.61. The Hall–Kier alpha value is -2.64. The molecule has 0 radical (unpaired) electrons. The summed E-state index contributed by atoms with van der Waals surface area (Å²) in [5, 5.41) is 11.7.